The Bertz CT molecular complexity index is 486. The molecule has 0 saturated heterocycles. The zero-order valence-electron chi connectivity index (χ0n) is 20.1. The Hall–Kier alpha value is -0.200. The minimum Gasteiger partial charge on any atom is -0.390 e. The Morgan fingerprint density at radius 2 is 1.60 bits per heavy atom. The molecular formula is C25H48O5. The second kappa shape index (κ2) is 12.2. The van der Waals surface area contributed by atoms with Gasteiger partial charge >= 0.3 is 0 Å². The van der Waals surface area contributed by atoms with Crippen LogP contribution in [0.2, 0.25) is 0 Å². The first-order valence-corrected chi connectivity index (χ1v) is 12.5. The number of aliphatic hydroxyl groups is 3. The van der Waals surface area contributed by atoms with Gasteiger partial charge in [-0.15, -0.1) is 0 Å². The van der Waals surface area contributed by atoms with Gasteiger partial charge in [-0.2, -0.15) is 0 Å². The molecular weight excluding hydrogens is 380 g/mol. The van der Waals surface area contributed by atoms with Crippen molar-refractivity contribution < 1.29 is 24.8 Å². The van der Waals surface area contributed by atoms with Crippen LogP contribution in [0.1, 0.15) is 79.6 Å². The maximum absolute atomic E-state index is 11.3. The van der Waals surface area contributed by atoms with E-state index in [-0.39, 0.29) is 17.8 Å². The minimum atomic E-state index is -0.907. The predicted octanol–water partition coefficient (Wildman–Crippen LogP) is 4.03. The van der Waals surface area contributed by atoms with E-state index >= 15 is 0 Å². The van der Waals surface area contributed by atoms with Crippen molar-refractivity contribution in [3.63, 3.8) is 0 Å². The molecule has 9 atom stereocenters. The fourth-order valence-corrected chi connectivity index (χ4v) is 6.25. The highest BCUT2D eigenvalue weighted by atomic mass is 16.5. The molecule has 2 aliphatic rings. The van der Waals surface area contributed by atoms with Crippen molar-refractivity contribution in [1.82, 2.24) is 0 Å². The molecule has 5 heteroatoms. The summed E-state index contributed by atoms with van der Waals surface area (Å²) in [6.07, 6.45) is 5.37. The van der Waals surface area contributed by atoms with Gasteiger partial charge in [0.2, 0.25) is 0 Å². The standard InChI is InChI=1S/C25H48O5/c1-6-29-15-20-14-17(3)11-12-21(20)18(4)23(26)24(27)19(5)22-10-8-9-13-25(22,28)16-30-7-2/h17-24,26-28H,6-16H2,1-5H3/t17-,18?,19?,20?,21+,22+,23?,24?,25+/m1/s1. The Balaban J connectivity index is 2.07. The summed E-state index contributed by atoms with van der Waals surface area (Å²) in [5.74, 6) is 1.25. The Morgan fingerprint density at radius 1 is 0.933 bits per heavy atom. The number of hydrogen-bond donors (Lipinski definition) is 3. The fraction of sp³-hybridized carbons (Fsp3) is 1.00. The number of aliphatic hydroxyl groups excluding tert-OH is 2. The van der Waals surface area contributed by atoms with Gasteiger partial charge in [-0.3, -0.25) is 0 Å². The SMILES string of the molecule is CCOCC1C[C@H](C)CC[C@H]1C(C)C(O)C(O)C(C)[C@@H]1CCCC[C@]1(O)COCC. The Labute approximate surface area is 184 Å². The first-order valence-electron chi connectivity index (χ1n) is 12.5. The summed E-state index contributed by atoms with van der Waals surface area (Å²) in [7, 11) is 0. The summed E-state index contributed by atoms with van der Waals surface area (Å²) < 4.78 is 11.4. The molecule has 2 rings (SSSR count). The van der Waals surface area contributed by atoms with Crippen LogP contribution in [-0.2, 0) is 9.47 Å². The van der Waals surface area contributed by atoms with E-state index in [1.165, 1.54) is 6.42 Å². The first-order chi connectivity index (χ1) is 14.2. The van der Waals surface area contributed by atoms with Crippen LogP contribution in [0.3, 0.4) is 0 Å². The quantitative estimate of drug-likeness (QED) is 0.463. The molecule has 0 aromatic carbocycles. The highest BCUT2D eigenvalue weighted by molar-refractivity contribution is 4.97. The molecule has 0 bridgehead atoms. The van der Waals surface area contributed by atoms with Crippen molar-refractivity contribution in [2.24, 2.45) is 35.5 Å². The van der Waals surface area contributed by atoms with E-state index in [9.17, 15) is 15.3 Å². The van der Waals surface area contributed by atoms with Crippen LogP contribution in [0.5, 0.6) is 0 Å². The van der Waals surface area contributed by atoms with E-state index in [0.717, 1.165) is 38.7 Å². The fourth-order valence-electron chi connectivity index (χ4n) is 6.25. The summed E-state index contributed by atoms with van der Waals surface area (Å²) >= 11 is 0. The zero-order chi connectivity index (χ0) is 22.3. The molecule has 2 fully saturated rings. The molecule has 5 nitrogen and oxygen atoms in total. The van der Waals surface area contributed by atoms with Gasteiger partial charge in [-0.1, -0.05) is 40.0 Å². The summed E-state index contributed by atoms with van der Waals surface area (Å²) in [6.45, 7) is 12.7. The molecule has 2 aliphatic carbocycles. The van der Waals surface area contributed by atoms with Crippen LogP contribution in [0.4, 0.5) is 0 Å². The lowest BCUT2D eigenvalue weighted by Crippen LogP contribution is -2.53. The third-order valence-electron chi connectivity index (χ3n) is 8.20. The third kappa shape index (κ3) is 6.41. The summed E-state index contributed by atoms with van der Waals surface area (Å²) in [5, 5.41) is 33.7. The van der Waals surface area contributed by atoms with Crippen LogP contribution in [0.25, 0.3) is 0 Å². The van der Waals surface area contributed by atoms with Gasteiger partial charge in [0.25, 0.3) is 0 Å². The van der Waals surface area contributed by atoms with Gasteiger partial charge in [0.1, 0.15) is 0 Å². The van der Waals surface area contributed by atoms with Crippen LogP contribution < -0.4 is 0 Å². The van der Waals surface area contributed by atoms with Crippen LogP contribution in [0, 0.1) is 35.5 Å². The molecule has 30 heavy (non-hydrogen) atoms. The van der Waals surface area contributed by atoms with Gasteiger partial charge in [0, 0.05) is 19.8 Å². The summed E-state index contributed by atoms with van der Waals surface area (Å²) in [5.41, 5.74) is -0.907. The lowest BCUT2D eigenvalue weighted by atomic mass is 9.64. The van der Waals surface area contributed by atoms with Crippen LogP contribution >= 0.6 is 0 Å². The van der Waals surface area contributed by atoms with Crippen molar-refractivity contribution in [2.75, 3.05) is 26.4 Å². The molecule has 0 aromatic heterocycles. The lowest BCUT2D eigenvalue weighted by molar-refractivity contribution is -0.149. The Kier molecular flexibility index (Phi) is 10.6. The molecule has 2 saturated carbocycles. The maximum atomic E-state index is 11.3. The molecule has 3 N–H and O–H groups in total. The van der Waals surface area contributed by atoms with E-state index in [0.29, 0.717) is 44.0 Å². The average molecular weight is 429 g/mol. The van der Waals surface area contributed by atoms with E-state index in [1.54, 1.807) is 0 Å². The number of hydrogen-bond acceptors (Lipinski definition) is 5. The summed E-state index contributed by atoms with van der Waals surface area (Å²) in [4.78, 5) is 0. The zero-order valence-corrected chi connectivity index (χ0v) is 20.1. The molecule has 0 radical (unpaired) electrons. The van der Waals surface area contributed by atoms with E-state index in [2.05, 4.69) is 13.8 Å². The first kappa shape index (κ1) is 26.1. The molecule has 0 aromatic rings. The summed E-state index contributed by atoms with van der Waals surface area (Å²) in [6, 6.07) is 0. The van der Waals surface area contributed by atoms with Gasteiger partial charge < -0.3 is 24.8 Å². The second-order valence-electron chi connectivity index (χ2n) is 10.3. The van der Waals surface area contributed by atoms with E-state index in [4.69, 9.17) is 9.47 Å². The monoisotopic (exact) mass is 428 g/mol. The van der Waals surface area contributed by atoms with Crippen molar-refractivity contribution in [2.45, 2.75) is 97.4 Å². The third-order valence-corrected chi connectivity index (χ3v) is 8.20. The molecule has 0 aliphatic heterocycles. The maximum Gasteiger partial charge on any atom is 0.0911 e. The number of rotatable bonds is 11. The molecule has 0 heterocycles. The smallest absolute Gasteiger partial charge is 0.0911 e. The van der Waals surface area contributed by atoms with Crippen molar-refractivity contribution >= 4 is 0 Å². The van der Waals surface area contributed by atoms with E-state index < -0.39 is 17.8 Å². The molecule has 5 unspecified atom stereocenters. The molecule has 0 spiro atoms. The van der Waals surface area contributed by atoms with Crippen LogP contribution in [-0.4, -0.2) is 59.6 Å². The average Bonchev–Trinajstić information content (AvgIpc) is 2.74. The van der Waals surface area contributed by atoms with Crippen LogP contribution in [0.15, 0.2) is 0 Å². The number of ether oxygens (including phenoxy) is 2. The van der Waals surface area contributed by atoms with Crippen molar-refractivity contribution in [1.29, 1.82) is 0 Å². The highest BCUT2D eigenvalue weighted by Gasteiger charge is 2.46. The van der Waals surface area contributed by atoms with Crippen molar-refractivity contribution in [3.8, 4) is 0 Å². The Morgan fingerprint density at radius 3 is 2.27 bits per heavy atom. The second-order valence-corrected chi connectivity index (χ2v) is 10.3. The lowest BCUT2D eigenvalue weighted by Gasteiger charge is -2.46. The van der Waals surface area contributed by atoms with Crippen molar-refractivity contribution in [3.05, 3.63) is 0 Å². The van der Waals surface area contributed by atoms with Gasteiger partial charge in [0.15, 0.2) is 0 Å². The normalized spacial score (nSPS) is 36.8. The highest BCUT2D eigenvalue weighted by Crippen LogP contribution is 2.43. The topological polar surface area (TPSA) is 79.2 Å². The predicted molar refractivity (Wildman–Crippen MR) is 120 cm³/mol. The molecule has 178 valence electrons. The van der Waals surface area contributed by atoms with E-state index in [1.807, 2.05) is 20.8 Å². The van der Waals surface area contributed by atoms with Gasteiger partial charge in [-0.25, -0.2) is 0 Å². The van der Waals surface area contributed by atoms with Gasteiger partial charge in [-0.05, 0) is 75.0 Å². The van der Waals surface area contributed by atoms with Gasteiger partial charge in [0.05, 0.1) is 24.4 Å². The minimum absolute atomic E-state index is 0.00369. The molecule has 0 amide bonds. The largest absolute Gasteiger partial charge is 0.390 e.